The van der Waals surface area contributed by atoms with Gasteiger partial charge in [0, 0.05) is 10.9 Å². The van der Waals surface area contributed by atoms with Crippen molar-refractivity contribution >= 4 is 16.9 Å². The van der Waals surface area contributed by atoms with Crippen molar-refractivity contribution in [1.82, 2.24) is 4.98 Å². The molecule has 3 aromatic rings. The molecule has 0 atom stereocenters. The molecular formula is C21H21NO2. The average molecular weight is 319 g/mol. The number of pyridine rings is 1. The second-order valence-electron chi connectivity index (χ2n) is 6.12. The lowest BCUT2D eigenvalue weighted by Crippen LogP contribution is -2.07. The van der Waals surface area contributed by atoms with E-state index in [1.54, 1.807) is 0 Å². The quantitative estimate of drug-likeness (QED) is 0.637. The molecule has 0 aliphatic rings. The summed E-state index contributed by atoms with van der Waals surface area (Å²) in [4.78, 5) is 17.3. The van der Waals surface area contributed by atoms with Crippen LogP contribution in [0, 0.1) is 20.8 Å². The van der Waals surface area contributed by atoms with E-state index in [0.717, 1.165) is 33.3 Å². The molecule has 0 amide bonds. The van der Waals surface area contributed by atoms with Gasteiger partial charge in [-0.3, -0.25) is 0 Å². The van der Waals surface area contributed by atoms with E-state index in [4.69, 9.17) is 9.72 Å². The molecule has 0 bridgehead atoms. The van der Waals surface area contributed by atoms with Crippen molar-refractivity contribution in [1.29, 1.82) is 0 Å². The summed E-state index contributed by atoms with van der Waals surface area (Å²) in [7, 11) is 0. The number of aryl methyl sites for hydroxylation is 3. The van der Waals surface area contributed by atoms with Crippen LogP contribution in [-0.2, 0) is 4.74 Å². The second-order valence-corrected chi connectivity index (χ2v) is 6.12. The highest BCUT2D eigenvalue weighted by Crippen LogP contribution is 2.28. The Hall–Kier alpha value is -2.68. The first-order valence-corrected chi connectivity index (χ1v) is 8.15. The Morgan fingerprint density at radius 1 is 1.00 bits per heavy atom. The van der Waals surface area contributed by atoms with Gasteiger partial charge in [0.2, 0.25) is 0 Å². The van der Waals surface area contributed by atoms with Gasteiger partial charge in [0.05, 0.1) is 23.4 Å². The third kappa shape index (κ3) is 3.02. The van der Waals surface area contributed by atoms with Gasteiger partial charge in [-0.15, -0.1) is 0 Å². The largest absolute Gasteiger partial charge is 0.462 e. The van der Waals surface area contributed by atoms with Gasteiger partial charge in [-0.05, 0) is 45.4 Å². The minimum absolute atomic E-state index is 0.303. The van der Waals surface area contributed by atoms with Crippen LogP contribution in [0.3, 0.4) is 0 Å². The van der Waals surface area contributed by atoms with E-state index < -0.39 is 0 Å². The second kappa shape index (κ2) is 6.44. The summed E-state index contributed by atoms with van der Waals surface area (Å²) in [6.45, 7) is 8.27. The highest BCUT2D eigenvalue weighted by molar-refractivity contribution is 6.05. The molecule has 24 heavy (non-hydrogen) atoms. The molecule has 0 N–H and O–H groups in total. The fourth-order valence-electron chi connectivity index (χ4n) is 2.93. The highest BCUT2D eigenvalue weighted by Gasteiger charge is 2.16. The minimum atomic E-state index is -0.303. The molecule has 0 radical (unpaired) electrons. The normalized spacial score (nSPS) is 10.8. The first-order chi connectivity index (χ1) is 11.5. The van der Waals surface area contributed by atoms with Crippen LogP contribution in [0.25, 0.3) is 22.2 Å². The molecule has 3 rings (SSSR count). The molecule has 0 spiro atoms. The van der Waals surface area contributed by atoms with E-state index >= 15 is 0 Å². The lowest BCUT2D eigenvalue weighted by molar-refractivity contribution is 0.0528. The van der Waals surface area contributed by atoms with Gasteiger partial charge in [-0.2, -0.15) is 0 Å². The molecule has 2 aromatic carbocycles. The molecule has 122 valence electrons. The van der Waals surface area contributed by atoms with E-state index in [2.05, 4.69) is 13.0 Å². The van der Waals surface area contributed by atoms with Crippen LogP contribution in [0.15, 0.2) is 42.5 Å². The van der Waals surface area contributed by atoms with Gasteiger partial charge >= 0.3 is 5.97 Å². The van der Waals surface area contributed by atoms with Crippen LogP contribution in [0.5, 0.6) is 0 Å². The Kier molecular flexibility index (Phi) is 4.34. The topological polar surface area (TPSA) is 39.2 Å². The number of rotatable bonds is 3. The summed E-state index contributed by atoms with van der Waals surface area (Å²) in [5, 5.41) is 0.849. The minimum Gasteiger partial charge on any atom is -0.462 e. The zero-order valence-electron chi connectivity index (χ0n) is 14.5. The molecule has 0 unspecified atom stereocenters. The predicted octanol–water partition coefficient (Wildman–Crippen LogP) is 5.00. The molecule has 1 aromatic heterocycles. The van der Waals surface area contributed by atoms with Gasteiger partial charge in [-0.25, -0.2) is 9.78 Å². The van der Waals surface area contributed by atoms with E-state index in [0.29, 0.717) is 12.2 Å². The summed E-state index contributed by atoms with van der Waals surface area (Å²) in [6.07, 6.45) is 0. The Morgan fingerprint density at radius 3 is 2.38 bits per heavy atom. The zero-order chi connectivity index (χ0) is 17.3. The van der Waals surface area contributed by atoms with E-state index in [1.807, 2.05) is 57.2 Å². The SMILES string of the molecule is CCOC(=O)c1cc(-c2ccc(C)cc2)nc2c(C)cc(C)cc12. The number of hydrogen-bond donors (Lipinski definition) is 0. The van der Waals surface area contributed by atoms with Crippen LogP contribution in [0.1, 0.15) is 34.0 Å². The highest BCUT2D eigenvalue weighted by atomic mass is 16.5. The van der Waals surface area contributed by atoms with Crippen LogP contribution < -0.4 is 0 Å². The fourth-order valence-corrected chi connectivity index (χ4v) is 2.93. The monoisotopic (exact) mass is 319 g/mol. The van der Waals surface area contributed by atoms with Crippen LogP contribution in [0.2, 0.25) is 0 Å². The van der Waals surface area contributed by atoms with Crippen molar-refractivity contribution in [3.05, 3.63) is 64.7 Å². The molecular weight excluding hydrogens is 298 g/mol. The molecule has 0 aliphatic heterocycles. The van der Waals surface area contributed by atoms with Crippen molar-refractivity contribution in [3.63, 3.8) is 0 Å². The molecule has 0 saturated carbocycles. The maximum absolute atomic E-state index is 12.5. The van der Waals surface area contributed by atoms with Crippen molar-refractivity contribution in [2.45, 2.75) is 27.7 Å². The summed E-state index contributed by atoms with van der Waals surface area (Å²) < 4.78 is 5.26. The predicted molar refractivity (Wildman–Crippen MR) is 97.3 cm³/mol. The number of hydrogen-bond acceptors (Lipinski definition) is 3. The van der Waals surface area contributed by atoms with E-state index in [-0.39, 0.29) is 5.97 Å². The molecule has 3 nitrogen and oxygen atoms in total. The van der Waals surface area contributed by atoms with E-state index in [1.165, 1.54) is 5.56 Å². The number of benzene rings is 2. The third-order valence-electron chi connectivity index (χ3n) is 4.09. The van der Waals surface area contributed by atoms with Crippen LogP contribution >= 0.6 is 0 Å². The van der Waals surface area contributed by atoms with E-state index in [9.17, 15) is 4.79 Å². The number of nitrogens with zero attached hydrogens (tertiary/aromatic N) is 1. The van der Waals surface area contributed by atoms with Gasteiger partial charge in [0.15, 0.2) is 0 Å². The fraction of sp³-hybridized carbons (Fsp3) is 0.238. The molecule has 1 heterocycles. The van der Waals surface area contributed by atoms with Crippen molar-refractivity contribution < 1.29 is 9.53 Å². The van der Waals surface area contributed by atoms with Crippen molar-refractivity contribution in [2.24, 2.45) is 0 Å². The molecule has 0 aliphatic carbocycles. The van der Waals surface area contributed by atoms with Crippen LogP contribution in [-0.4, -0.2) is 17.6 Å². The maximum atomic E-state index is 12.5. The average Bonchev–Trinajstić information content (AvgIpc) is 2.55. The summed E-state index contributed by atoms with van der Waals surface area (Å²) >= 11 is 0. The number of aromatic nitrogens is 1. The molecule has 3 heteroatoms. The lowest BCUT2D eigenvalue weighted by Gasteiger charge is -2.12. The van der Waals surface area contributed by atoms with Crippen LogP contribution in [0.4, 0.5) is 0 Å². The molecule has 0 fully saturated rings. The standard InChI is InChI=1S/C21H21NO2/c1-5-24-21(23)18-12-19(16-8-6-13(2)7-9-16)22-20-15(4)10-14(3)11-17(18)20/h6-12H,5H2,1-4H3. The number of carbonyl (C=O) groups excluding carboxylic acids is 1. The smallest absolute Gasteiger partial charge is 0.338 e. The van der Waals surface area contributed by atoms with Gasteiger partial charge < -0.3 is 4.74 Å². The Bertz CT molecular complexity index is 911. The first kappa shape index (κ1) is 16.2. The zero-order valence-corrected chi connectivity index (χ0v) is 14.5. The number of carbonyl (C=O) groups is 1. The van der Waals surface area contributed by atoms with Gasteiger partial charge in [-0.1, -0.05) is 41.5 Å². The Balaban J connectivity index is 2.29. The van der Waals surface area contributed by atoms with Gasteiger partial charge in [0.25, 0.3) is 0 Å². The number of esters is 1. The summed E-state index contributed by atoms with van der Waals surface area (Å²) in [6, 6.07) is 14.1. The number of ether oxygens (including phenoxy) is 1. The Morgan fingerprint density at radius 2 is 1.71 bits per heavy atom. The lowest BCUT2D eigenvalue weighted by atomic mass is 9.99. The molecule has 0 saturated heterocycles. The van der Waals surface area contributed by atoms with Crippen molar-refractivity contribution in [3.8, 4) is 11.3 Å². The number of fused-ring (bicyclic) bond motifs is 1. The van der Waals surface area contributed by atoms with Crippen molar-refractivity contribution in [2.75, 3.05) is 6.61 Å². The third-order valence-corrected chi connectivity index (χ3v) is 4.09. The first-order valence-electron chi connectivity index (χ1n) is 8.15. The summed E-state index contributed by atoms with van der Waals surface area (Å²) in [5.41, 5.74) is 6.56. The van der Waals surface area contributed by atoms with Gasteiger partial charge in [0.1, 0.15) is 0 Å². The maximum Gasteiger partial charge on any atom is 0.338 e. The summed E-state index contributed by atoms with van der Waals surface area (Å²) in [5.74, 6) is -0.303. The Labute approximate surface area is 142 Å².